The number of allylic oxidation sites excluding steroid dienone is 4. The van der Waals surface area contributed by atoms with Crippen molar-refractivity contribution in [3.8, 4) is 0 Å². The van der Waals surface area contributed by atoms with Gasteiger partial charge in [0.2, 0.25) is 0 Å². The molecule has 19 heavy (non-hydrogen) atoms. The van der Waals surface area contributed by atoms with E-state index in [1.165, 1.54) is 6.08 Å². The normalized spacial score (nSPS) is 23.0. The lowest BCUT2D eigenvalue weighted by Crippen LogP contribution is -2.37. The van der Waals surface area contributed by atoms with Gasteiger partial charge in [-0.15, -0.1) is 0 Å². The van der Waals surface area contributed by atoms with E-state index in [2.05, 4.69) is 0 Å². The van der Waals surface area contributed by atoms with Crippen molar-refractivity contribution in [3.63, 3.8) is 0 Å². The lowest BCUT2D eigenvalue weighted by atomic mass is 9.74. The number of rotatable bonds is 3. The summed E-state index contributed by atoms with van der Waals surface area (Å²) in [5.41, 5.74) is -0.719. The van der Waals surface area contributed by atoms with Crippen molar-refractivity contribution in [1.82, 2.24) is 0 Å². The molecule has 0 saturated carbocycles. The molecule has 2 rings (SSSR count). The fourth-order valence-corrected chi connectivity index (χ4v) is 2.26. The summed E-state index contributed by atoms with van der Waals surface area (Å²) in [6, 6.07) is 8.91. The minimum absolute atomic E-state index is 0.199. The first kappa shape index (κ1) is 13.6. The Kier molecular flexibility index (Phi) is 3.60. The summed E-state index contributed by atoms with van der Waals surface area (Å²) < 4.78 is 39.7. The summed E-state index contributed by atoms with van der Waals surface area (Å²) in [6.07, 6.45) is -0.682. The van der Waals surface area contributed by atoms with E-state index in [-0.39, 0.29) is 6.42 Å². The Bertz CT molecular complexity index is 514. The average molecular weight is 266 g/mol. The van der Waals surface area contributed by atoms with Gasteiger partial charge in [0.25, 0.3) is 0 Å². The SMILES string of the molecule is O=CCC1(C(F)(F)F)C=CC=C(c2ccccc2)C1. The molecule has 1 aliphatic carbocycles. The number of hydrogen-bond donors (Lipinski definition) is 0. The predicted molar refractivity (Wildman–Crippen MR) is 67.3 cm³/mol. The second kappa shape index (κ2) is 5.03. The Morgan fingerprint density at radius 2 is 1.89 bits per heavy atom. The van der Waals surface area contributed by atoms with Crippen LogP contribution in [0.5, 0.6) is 0 Å². The molecule has 1 aromatic rings. The van der Waals surface area contributed by atoms with Crippen LogP contribution in [0.25, 0.3) is 5.57 Å². The minimum atomic E-state index is -4.43. The van der Waals surface area contributed by atoms with Crippen LogP contribution in [0.4, 0.5) is 13.2 Å². The largest absolute Gasteiger partial charge is 0.398 e. The van der Waals surface area contributed by atoms with E-state index >= 15 is 0 Å². The topological polar surface area (TPSA) is 17.1 Å². The molecule has 0 amide bonds. The maximum atomic E-state index is 13.2. The van der Waals surface area contributed by atoms with Crippen LogP contribution in [0.2, 0.25) is 0 Å². The van der Waals surface area contributed by atoms with Crippen molar-refractivity contribution in [2.24, 2.45) is 5.41 Å². The molecule has 0 bridgehead atoms. The highest BCUT2D eigenvalue weighted by Crippen LogP contribution is 2.49. The van der Waals surface area contributed by atoms with Crippen LogP contribution in [-0.2, 0) is 4.79 Å². The monoisotopic (exact) mass is 266 g/mol. The quantitative estimate of drug-likeness (QED) is 0.750. The molecular formula is C15H13F3O. The third kappa shape index (κ3) is 2.62. The van der Waals surface area contributed by atoms with Gasteiger partial charge < -0.3 is 4.79 Å². The number of benzene rings is 1. The van der Waals surface area contributed by atoms with Gasteiger partial charge in [-0.3, -0.25) is 0 Å². The lowest BCUT2D eigenvalue weighted by molar-refractivity contribution is -0.205. The minimum Gasteiger partial charge on any atom is -0.303 e. The average Bonchev–Trinajstić information content (AvgIpc) is 2.39. The highest BCUT2D eigenvalue weighted by Gasteiger charge is 2.53. The third-order valence-corrected chi connectivity index (χ3v) is 3.38. The van der Waals surface area contributed by atoms with Gasteiger partial charge in [0, 0.05) is 6.42 Å². The molecular weight excluding hydrogens is 253 g/mol. The molecule has 100 valence electrons. The number of hydrogen-bond acceptors (Lipinski definition) is 1. The van der Waals surface area contributed by atoms with Crippen molar-refractivity contribution >= 4 is 11.9 Å². The zero-order chi connectivity index (χ0) is 13.9. The van der Waals surface area contributed by atoms with Crippen molar-refractivity contribution in [2.75, 3.05) is 0 Å². The highest BCUT2D eigenvalue weighted by molar-refractivity contribution is 5.70. The Morgan fingerprint density at radius 1 is 1.21 bits per heavy atom. The van der Waals surface area contributed by atoms with Gasteiger partial charge in [-0.25, -0.2) is 0 Å². The standard InChI is InChI=1S/C15H13F3O/c16-15(17,18)14(9-10-19)8-4-7-13(11-14)12-5-2-1-3-6-12/h1-8,10H,9,11H2. The van der Waals surface area contributed by atoms with E-state index in [0.29, 0.717) is 11.9 Å². The zero-order valence-electron chi connectivity index (χ0n) is 10.2. The number of carbonyl (C=O) groups excluding carboxylic acids is 1. The molecule has 1 aromatic carbocycles. The number of carbonyl (C=O) groups is 1. The second-order valence-corrected chi connectivity index (χ2v) is 4.62. The Hall–Kier alpha value is -1.84. The molecule has 1 atom stereocenters. The fraction of sp³-hybridized carbons (Fsp3) is 0.267. The van der Waals surface area contributed by atoms with Gasteiger partial charge in [-0.05, 0) is 17.6 Å². The summed E-state index contributed by atoms with van der Waals surface area (Å²) in [7, 11) is 0. The van der Waals surface area contributed by atoms with Crippen LogP contribution in [-0.4, -0.2) is 12.5 Å². The van der Waals surface area contributed by atoms with E-state index in [1.807, 2.05) is 6.07 Å². The van der Waals surface area contributed by atoms with E-state index in [0.717, 1.165) is 11.6 Å². The molecule has 1 aliphatic rings. The Labute approximate surface area is 109 Å². The summed E-state index contributed by atoms with van der Waals surface area (Å²) in [4.78, 5) is 10.6. The molecule has 0 aliphatic heterocycles. The van der Waals surface area contributed by atoms with Gasteiger partial charge in [-0.2, -0.15) is 13.2 Å². The van der Waals surface area contributed by atoms with Crippen LogP contribution in [0, 0.1) is 5.41 Å². The van der Waals surface area contributed by atoms with Crippen LogP contribution >= 0.6 is 0 Å². The van der Waals surface area contributed by atoms with Crippen LogP contribution in [0.3, 0.4) is 0 Å². The third-order valence-electron chi connectivity index (χ3n) is 3.38. The zero-order valence-corrected chi connectivity index (χ0v) is 10.2. The number of alkyl halides is 3. The summed E-state index contributed by atoms with van der Waals surface area (Å²) >= 11 is 0. The van der Waals surface area contributed by atoms with Gasteiger partial charge >= 0.3 is 6.18 Å². The van der Waals surface area contributed by atoms with Gasteiger partial charge in [0.05, 0.1) is 5.41 Å². The molecule has 0 fully saturated rings. The van der Waals surface area contributed by atoms with Gasteiger partial charge in [0.1, 0.15) is 6.29 Å². The lowest BCUT2D eigenvalue weighted by Gasteiger charge is -2.34. The van der Waals surface area contributed by atoms with Crippen molar-refractivity contribution in [3.05, 3.63) is 54.1 Å². The molecule has 0 saturated heterocycles. The molecule has 0 radical (unpaired) electrons. The van der Waals surface area contributed by atoms with E-state index in [4.69, 9.17) is 0 Å². The Balaban J connectivity index is 2.36. The van der Waals surface area contributed by atoms with Crippen LogP contribution in [0.1, 0.15) is 18.4 Å². The molecule has 1 unspecified atom stereocenters. The molecule has 0 aromatic heterocycles. The van der Waals surface area contributed by atoms with Crippen molar-refractivity contribution < 1.29 is 18.0 Å². The van der Waals surface area contributed by atoms with E-state index in [1.54, 1.807) is 30.3 Å². The van der Waals surface area contributed by atoms with Crippen molar-refractivity contribution in [2.45, 2.75) is 19.0 Å². The molecule has 0 N–H and O–H groups in total. The van der Waals surface area contributed by atoms with Crippen LogP contribution in [0.15, 0.2) is 48.6 Å². The summed E-state index contributed by atoms with van der Waals surface area (Å²) in [5.74, 6) is 0. The van der Waals surface area contributed by atoms with Crippen molar-refractivity contribution in [1.29, 1.82) is 0 Å². The predicted octanol–water partition coefficient (Wildman–Crippen LogP) is 4.17. The first-order valence-electron chi connectivity index (χ1n) is 5.93. The highest BCUT2D eigenvalue weighted by atomic mass is 19.4. The Morgan fingerprint density at radius 3 is 2.47 bits per heavy atom. The van der Waals surface area contributed by atoms with Gasteiger partial charge in [-0.1, -0.05) is 48.6 Å². The van der Waals surface area contributed by atoms with Gasteiger partial charge in [0.15, 0.2) is 0 Å². The molecule has 0 heterocycles. The molecule has 0 spiro atoms. The van der Waals surface area contributed by atoms with E-state index in [9.17, 15) is 18.0 Å². The maximum Gasteiger partial charge on any atom is 0.398 e. The first-order chi connectivity index (χ1) is 8.98. The smallest absolute Gasteiger partial charge is 0.303 e. The van der Waals surface area contributed by atoms with E-state index < -0.39 is 18.0 Å². The molecule has 4 heteroatoms. The molecule has 1 nitrogen and oxygen atoms in total. The summed E-state index contributed by atoms with van der Waals surface area (Å²) in [6.45, 7) is 0. The number of halogens is 3. The first-order valence-corrected chi connectivity index (χ1v) is 5.93. The maximum absolute atomic E-state index is 13.2. The van der Waals surface area contributed by atoms with Crippen LogP contribution < -0.4 is 0 Å². The number of aldehydes is 1. The summed E-state index contributed by atoms with van der Waals surface area (Å²) in [5, 5.41) is 0. The fourth-order valence-electron chi connectivity index (χ4n) is 2.26. The second-order valence-electron chi connectivity index (χ2n) is 4.62.